The van der Waals surface area contributed by atoms with Gasteiger partial charge in [0.1, 0.15) is 17.3 Å². The van der Waals surface area contributed by atoms with Crippen LogP contribution in [-0.2, 0) is 6.42 Å². The van der Waals surface area contributed by atoms with E-state index in [1.54, 1.807) is 19.2 Å². The number of carbonyl (C=O) groups is 1. The molecule has 0 spiro atoms. The molecule has 1 heterocycles. The van der Waals surface area contributed by atoms with E-state index >= 15 is 0 Å². The van der Waals surface area contributed by atoms with Crippen LogP contribution < -0.4 is 15.6 Å². The number of halogens is 2. The van der Waals surface area contributed by atoms with Crippen LogP contribution in [0.4, 0.5) is 5.69 Å². The van der Waals surface area contributed by atoms with Crippen molar-refractivity contribution in [1.82, 2.24) is 9.97 Å². The van der Waals surface area contributed by atoms with Crippen LogP contribution in [0.3, 0.4) is 0 Å². The van der Waals surface area contributed by atoms with Crippen LogP contribution in [0, 0.1) is 0 Å². The van der Waals surface area contributed by atoms with Gasteiger partial charge in [-0.3, -0.25) is 9.59 Å². The molecule has 0 fully saturated rings. The zero-order valence-corrected chi connectivity index (χ0v) is 15.8. The zero-order chi connectivity index (χ0) is 19.4. The molecular weight excluding hydrogens is 389 g/mol. The fourth-order valence-corrected chi connectivity index (χ4v) is 2.88. The highest BCUT2D eigenvalue weighted by Gasteiger charge is 2.13. The number of ether oxygens (including phenoxy) is 1. The van der Waals surface area contributed by atoms with Gasteiger partial charge < -0.3 is 15.0 Å². The predicted octanol–water partition coefficient (Wildman–Crippen LogP) is 3.93. The molecule has 1 amide bonds. The first-order valence-electron chi connectivity index (χ1n) is 7.94. The number of benzene rings is 2. The highest BCUT2D eigenvalue weighted by molar-refractivity contribution is 6.36. The molecule has 3 aromatic rings. The van der Waals surface area contributed by atoms with Gasteiger partial charge in [0.2, 0.25) is 0 Å². The van der Waals surface area contributed by atoms with E-state index in [-0.39, 0.29) is 5.69 Å². The maximum Gasteiger partial charge on any atom is 0.274 e. The van der Waals surface area contributed by atoms with Gasteiger partial charge >= 0.3 is 0 Å². The predicted molar refractivity (Wildman–Crippen MR) is 105 cm³/mol. The number of aromatic nitrogens is 2. The van der Waals surface area contributed by atoms with E-state index in [0.717, 1.165) is 17.4 Å². The van der Waals surface area contributed by atoms with Crippen LogP contribution in [0.15, 0.2) is 53.3 Å². The van der Waals surface area contributed by atoms with Crippen molar-refractivity contribution < 1.29 is 9.53 Å². The first kappa shape index (κ1) is 18.9. The van der Waals surface area contributed by atoms with Crippen molar-refractivity contribution in [2.24, 2.45) is 0 Å². The van der Waals surface area contributed by atoms with Gasteiger partial charge in [0.05, 0.1) is 17.8 Å². The Morgan fingerprint density at radius 2 is 1.89 bits per heavy atom. The number of aromatic amines is 1. The first-order valence-corrected chi connectivity index (χ1v) is 8.70. The van der Waals surface area contributed by atoms with Crippen molar-refractivity contribution >= 4 is 34.8 Å². The maximum absolute atomic E-state index is 12.5. The van der Waals surface area contributed by atoms with Gasteiger partial charge in [0, 0.05) is 17.5 Å². The summed E-state index contributed by atoms with van der Waals surface area (Å²) in [5.41, 5.74) is 0.872. The molecule has 0 aliphatic rings. The lowest BCUT2D eigenvalue weighted by atomic mass is 10.1. The SMILES string of the molecule is COc1ccc(Cc2nc(C(=O)Nc3ccc(Cl)cc3Cl)cc(=O)[nH]2)cc1. The van der Waals surface area contributed by atoms with Crippen LogP contribution in [0.1, 0.15) is 21.9 Å². The second-order valence-corrected chi connectivity index (χ2v) is 6.52. The van der Waals surface area contributed by atoms with Gasteiger partial charge in [-0.15, -0.1) is 0 Å². The minimum Gasteiger partial charge on any atom is -0.497 e. The molecule has 0 saturated carbocycles. The maximum atomic E-state index is 12.5. The van der Waals surface area contributed by atoms with Crippen molar-refractivity contribution in [2.75, 3.05) is 12.4 Å². The van der Waals surface area contributed by atoms with Gasteiger partial charge in [-0.05, 0) is 35.9 Å². The van der Waals surface area contributed by atoms with E-state index in [4.69, 9.17) is 27.9 Å². The van der Waals surface area contributed by atoms with Crippen molar-refractivity contribution in [3.63, 3.8) is 0 Å². The molecule has 0 aliphatic carbocycles. The molecule has 138 valence electrons. The Morgan fingerprint density at radius 3 is 2.56 bits per heavy atom. The monoisotopic (exact) mass is 403 g/mol. The van der Waals surface area contributed by atoms with E-state index < -0.39 is 11.5 Å². The number of carbonyl (C=O) groups excluding carboxylic acids is 1. The van der Waals surface area contributed by atoms with Crippen LogP contribution >= 0.6 is 23.2 Å². The molecule has 0 saturated heterocycles. The third-order valence-corrected chi connectivity index (χ3v) is 4.28. The largest absolute Gasteiger partial charge is 0.497 e. The average molecular weight is 404 g/mol. The zero-order valence-electron chi connectivity index (χ0n) is 14.3. The smallest absolute Gasteiger partial charge is 0.274 e. The molecule has 0 aliphatic heterocycles. The normalized spacial score (nSPS) is 10.5. The molecular formula is C19H15Cl2N3O3. The number of nitrogens with zero attached hydrogens (tertiary/aromatic N) is 1. The van der Waals surface area contributed by atoms with Crippen LogP contribution in [0.25, 0.3) is 0 Å². The number of methoxy groups -OCH3 is 1. The lowest BCUT2D eigenvalue weighted by Crippen LogP contribution is -2.20. The average Bonchev–Trinajstić information content (AvgIpc) is 2.64. The Balaban J connectivity index is 1.81. The summed E-state index contributed by atoms with van der Waals surface area (Å²) in [6.07, 6.45) is 0.363. The van der Waals surface area contributed by atoms with Gasteiger partial charge in [-0.2, -0.15) is 0 Å². The number of amides is 1. The third-order valence-electron chi connectivity index (χ3n) is 3.73. The van der Waals surface area contributed by atoms with Crippen molar-refractivity contribution in [2.45, 2.75) is 6.42 Å². The van der Waals surface area contributed by atoms with E-state index in [0.29, 0.717) is 28.0 Å². The van der Waals surface area contributed by atoms with E-state index in [2.05, 4.69) is 15.3 Å². The molecule has 27 heavy (non-hydrogen) atoms. The van der Waals surface area contributed by atoms with Gasteiger partial charge in [-0.1, -0.05) is 35.3 Å². The highest BCUT2D eigenvalue weighted by atomic mass is 35.5. The van der Waals surface area contributed by atoms with E-state index in [1.807, 2.05) is 24.3 Å². The third kappa shape index (κ3) is 4.87. The number of H-pyrrole nitrogens is 1. The summed E-state index contributed by atoms with van der Waals surface area (Å²) in [6.45, 7) is 0. The standard InChI is InChI=1S/C19H15Cl2N3O3/c1-27-13-5-2-11(3-6-13)8-17-22-16(10-18(25)24-17)19(26)23-15-7-4-12(20)9-14(15)21/h2-7,9-10H,8H2,1H3,(H,23,26)(H,22,24,25). The van der Waals surface area contributed by atoms with E-state index in [1.165, 1.54) is 6.07 Å². The van der Waals surface area contributed by atoms with Crippen molar-refractivity contribution in [1.29, 1.82) is 0 Å². The minimum absolute atomic E-state index is 0.00622. The topological polar surface area (TPSA) is 84.1 Å². The number of nitrogens with one attached hydrogen (secondary N) is 2. The lowest BCUT2D eigenvalue weighted by molar-refractivity contribution is 0.102. The summed E-state index contributed by atoms with van der Waals surface area (Å²) in [7, 11) is 1.59. The molecule has 0 atom stereocenters. The number of hydrogen-bond donors (Lipinski definition) is 2. The summed E-state index contributed by atoms with van der Waals surface area (Å²) in [4.78, 5) is 31.3. The van der Waals surface area contributed by atoms with Gasteiger partial charge in [0.25, 0.3) is 11.5 Å². The van der Waals surface area contributed by atoms with E-state index in [9.17, 15) is 9.59 Å². The number of hydrogen-bond acceptors (Lipinski definition) is 4. The van der Waals surface area contributed by atoms with Gasteiger partial charge in [0.15, 0.2) is 0 Å². The molecule has 3 rings (SSSR count). The summed E-state index contributed by atoms with van der Waals surface area (Å²) >= 11 is 11.9. The van der Waals surface area contributed by atoms with Crippen molar-refractivity contribution in [3.8, 4) is 5.75 Å². The number of rotatable bonds is 5. The Hall–Kier alpha value is -2.83. The lowest BCUT2D eigenvalue weighted by Gasteiger charge is -2.08. The molecule has 8 heteroatoms. The highest BCUT2D eigenvalue weighted by Crippen LogP contribution is 2.25. The van der Waals surface area contributed by atoms with Crippen molar-refractivity contribution in [3.05, 3.63) is 86.0 Å². The van der Waals surface area contributed by atoms with Crippen LogP contribution in [0.2, 0.25) is 10.0 Å². The molecule has 1 aromatic heterocycles. The molecule has 0 unspecified atom stereocenters. The van der Waals surface area contributed by atoms with Crippen LogP contribution in [-0.4, -0.2) is 23.0 Å². The van der Waals surface area contributed by atoms with Gasteiger partial charge in [-0.25, -0.2) is 4.98 Å². The Kier molecular flexibility index (Phi) is 5.78. The quantitative estimate of drug-likeness (QED) is 0.675. The summed E-state index contributed by atoms with van der Waals surface area (Å²) < 4.78 is 5.12. The minimum atomic E-state index is -0.540. The Bertz CT molecular complexity index is 1030. The molecule has 2 N–H and O–H groups in total. The Morgan fingerprint density at radius 1 is 1.15 bits per heavy atom. The molecule has 0 radical (unpaired) electrons. The fourth-order valence-electron chi connectivity index (χ4n) is 2.42. The second kappa shape index (κ2) is 8.24. The Labute approximate surface area is 165 Å². The second-order valence-electron chi connectivity index (χ2n) is 5.68. The fraction of sp³-hybridized carbons (Fsp3) is 0.105. The molecule has 2 aromatic carbocycles. The van der Waals surface area contributed by atoms with Crippen LogP contribution in [0.5, 0.6) is 5.75 Å². The summed E-state index contributed by atoms with van der Waals surface area (Å²) in [5, 5.41) is 3.37. The first-order chi connectivity index (χ1) is 12.9. The summed E-state index contributed by atoms with van der Waals surface area (Å²) in [6, 6.07) is 13.2. The molecule has 6 nitrogen and oxygen atoms in total. The molecule has 0 bridgehead atoms. The summed E-state index contributed by atoms with van der Waals surface area (Å²) in [5.74, 6) is 0.564. The number of anilines is 1.